The molecule has 9 nitrogen and oxygen atoms in total. The summed E-state index contributed by atoms with van der Waals surface area (Å²) in [5, 5.41) is 18.1. The van der Waals surface area contributed by atoms with Gasteiger partial charge in [-0.1, -0.05) is 26.0 Å². The molecule has 35 heavy (non-hydrogen) atoms. The lowest BCUT2D eigenvalue weighted by Crippen LogP contribution is -2.49. The van der Waals surface area contributed by atoms with Gasteiger partial charge in [-0.2, -0.15) is 0 Å². The highest BCUT2D eigenvalue weighted by atomic mass is 16.6. The predicted octanol–water partition coefficient (Wildman–Crippen LogP) is 3.09. The maximum absolute atomic E-state index is 12.6. The Kier molecular flexibility index (Phi) is 12.7. The Morgan fingerprint density at radius 1 is 1.06 bits per heavy atom. The van der Waals surface area contributed by atoms with Crippen molar-refractivity contribution in [3.05, 3.63) is 29.8 Å². The summed E-state index contributed by atoms with van der Waals surface area (Å²) >= 11 is 0. The molecule has 0 aliphatic heterocycles. The molecule has 1 aromatic rings. The molecule has 0 saturated carbocycles. The lowest BCUT2D eigenvalue weighted by molar-refractivity contribution is -0.150. The molecule has 1 unspecified atom stereocenters. The first-order valence-electron chi connectivity index (χ1n) is 12.2. The zero-order chi connectivity index (χ0) is 26.5. The molecule has 0 fully saturated rings. The monoisotopic (exact) mass is 493 g/mol. The molecule has 198 valence electrons. The highest BCUT2D eigenvalue weighted by Gasteiger charge is 2.33. The zero-order valence-corrected chi connectivity index (χ0v) is 22.0. The Hall–Kier alpha value is -2.65. The van der Waals surface area contributed by atoms with E-state index < -0.39 is 23.3 Å². The number of phenolic OH excluding ortho intramolecular Hbond substituents is 1. The average Bonchev–Trinajstić information content (AvgIpc) is 2.77. The number of aromatic hydroxyl groups is 1. The van der Waals surface area contributed by atoms with Crippen molar-refractivity contribution in [2.45, 2.75) is 90.5 Å². The third-order valence-corrected chi connectivity index (χ3v) is 5.29. The van der Waals surface area contributed by atoms with Crippen LogP contribution in [0.25, 0.3) is 0 Å². The number of ether oxygens (including phenoxy) is 2. The maximum Gasteiger partial charge on any atom is 0.408 e. The van der Waals surface area contributed by atoms with Crippen LogP contribution in [-0.4, -0.2) is 66.4 Å². The molecule has 0 radical (unpaired) electrons. The lowest BCUT2D eigenvalue weighted by Gasteiger charge is -2.31. The summed E-state index contributed by atoms with van der Waals surface area (Å²) in [7, 11) is 0. The van der Waals surface area contributed by atoms with Crippen LogP contribution in [0.5, 0.6) is 5.75 Å². The average molecular weight is 494 g/mol. The third kappa shape index (κ3) is 13.1. The zero-order valence-electron chi connectivity index (χ0n) is 22.0. The molecule has 9 heteroatoms. The number of unbranched alkanes of at least 4 members (excludes halogenated alkanes) is 1. The van der Waals surface area contributed by atoms with Gasteiger partial charge in [0.2, 0.25) is 0 Å². The van der Waals surface area contributed by atoms with Crippen LogP contribution in [-0.2, 0) is 25.5 Å². The second kappa shape index (κ2) is 14.7. The van der Waals surface area contributed by atoms with Crippen LogP contribution in [0.2, 0.25) is 0 Å². The van der Waals surface area contributed by atoms with E-state index in [4.69, 9.17) is 9.47 Å². The number of carbonyl (C=O) groups is 3. The summed E-state index contributed by atoms with van der Waals surface area (Å²) in [5.74, 6) is -0.0910. The number of aldehydes is 1. The molecule has 1 rings (SSSR count). The van der Waals surface area contributed by atoms with E-state index in [-0.39, 0.29) is 18.3 Å². The fourth-order valence-corrected chi connectivity index (χ4v) is 3.13. The smallest absolute Gasteiger partial charge is 0.408 e. The summed E-state index contributed by atoms with van der Waals surface area (Å²) in [6.45, 7) is 12.1. The van der Waals surface area contributed by atoms with Crippen molar-refractivity contribution in [2.24, 2.45) is 0 Å². The standard InChI is InChI=1S/C26H43N3O6/c1-19(2)27-15-8-7-9-21(17-30)29-24(33)35-25(3,4)18-34-26(5,6)23(32)28-16-14-20-10-12-22(31)13-11-20/h10-13,17,19,21,27,31H,7-9,14-16,18H2,1-6H3,(H,28,32)(H,29,33). The largest absolute Gasteiger partial charge is 0.508 e. The number of rotatable bonds is 16. The van der Waals surface area contributed by atoms with E-state index in [0.717, 1.165) is 24.9 Å². The summed E-state index contributed by atoms with van der Waals surface area (Å²) in [5.41, 5.74) is -1.16. The molecule has 0 heterocycles. The molecular formula is C26H43N3O6. The molecule has 0 saturated heterocycles. The topological polar surface area (TPSA) is 126 Å². The minimum atomic E-state index is -1.14. The van der Waals surface area contributed by atoms with Crippen molar-refractivity contribution < 1.29 is 29.0 Å². The van der Waals surface area contributed by atoms with Gasteiger partial charge in [0, 0.05) is 12.6 Å². The Labute approximate surface area is 209 Å². The first-order valence-corrected chi connectivity index (χ1v) is 12.2. The molecule has 2 amide bonds. The Morgan fingerprint density at radius 3 is 2.31 bits per heavy atom. The Morgan fingerprint density at radius 2 is 1.71 bits per heavy atom. The molecule has 0 aliphatic carbocycles. The van der Waals surface area contributed by atoms with Gasteiger partial charge in [0.25, 0.3) is 5.91 Å². The summed E-state index contributed by atoms with van der Waals surface area (Å²) < 4.78 is 11.2. The fourth-order valence-electron chi connectivity index (χ4n) is 3.13. The van der Waals surface area contributed by atoms with Crippen LogP contribution in [0.1, 0.15) is 66.4 Å². The van der Waals surface area contributed by atoms with Gasteiger partial charge in [0.05, 0.1) is 12.6 Å². The summed E-state index contributed by atoms with van der Waals surface area (Å²) in [6, 6.07) is 6.60. The van der Waals surface area contributed by atoms with Gasteiger partial charge < -0.3 is 35.3 Å². The van der Waals surface area contributed by atoms with E-state index in [1.807, 2.05) is 0 Å². The highest BCUT2D eigenvalue weighted by molar-refractivity contribution is 5.84. The normalized spacial score (nSPS) is 12.8. The van der Waals surface area contributed by atoms with Crippen molar-refractivity contribution in [2.75, 3.05) is 19.7 Å². The van der Waals surface area contributed by atoms with Crippen LogP contribution in [0.4, 0.5) is 4.79 Å². The van der Waals surface area contributed by atoms with Crippen LogP contribution in [0, 0.1) is 0 Å². The number of carbonyl (C=O) groups excluding carboxylic acids is 3. The lowest BCUT2D eigenvalue weighted by atomic mass is 10.1. The molecular weight excluding hydrogens is 450 g/mol. The SMILES string of the molecule is CC(C)NCCCCC(C=O)NC(=O)OC(C)(C)COC(C)(C)C(=O)NCCc1ccc(O)cc1. The first-order chi connectivity index (χ1) is 16.3. The molecule has 0 bridgehead atoms. The molecule has 0 aliphatic rings. The van der Waals surface area contributed by atoms with Gasteiger partial charge in [-0.05, 0) is 77.6 Å². The molecule has 4 N–H and O–H groups in total. The van der Waals surface area contributed by atoms with Gasteiger partial charge in [-0.3, -0.25) is 4.79 Å². The van der Waals surface area contributed by atoms with E-state index >= 15 is 0 Å². The van der Waals surface area contributed by atoms with Crippen LogP contribution >= 0.6 is 0 Å². The minimum Gasteiger partial charge on any atom is -0.508 e. The minimum absolute atomic E-state index is 0.00850. The van der Waals surface area contributed by atoms with E-state index in [1.54, 1.807) is 52.0 Å². The maximum atomic E-state index is 12.6. The molecule has 0 aromatic heterocycles. The van der Waals surface area contributed by atoms with Crippen LogP contribution in [0.15, 0.2) is 24.3 Å². The predicted molar refractivity (Wildman–Crippen MR) is 135 cm³/mol. The van der Waals surface area contributed by atoms with Gasteiger partial charge in [-0.15, -0.1) is 0 Å². The molecule has 1 aromatic carbocycles. The fraction of sp³-hybridized carbons (Fsp3) is 0.654. The highest BCUT2D eigenvalue weighted by Crippen LogP contribution is 2.17. The van der Waals surface area contributed by atoms with Gasteiger partial charge in [0.1, 0.15) is 23.2 Å². The first kappa shape index (κ1) is 30.4. The van der Waals surface area contributed by atoms with E-state index in [0.29, 0.717) is 31.7 Å². The van der Waals surface area contributed by atoms with Crippen molar-refractivity contribution >= 4 is 18.3 Å². The Bertz CT molecular complexity index is 793. The summed E-state index contributed by atoms with van der Waals surface area (Å²) in [6.07, 6.45) is 2.87. The quantitative estimate of drug-likeness (QED) is 0.206. The van der Waals surface area contributed by atoms with E-state index in [1.165, 1.54) is 0 Å². The molecule has 0 spiro atoms. The van der Waals surface area contributed by atoms with Gasteiger partial charge in [-0.25, -0.2) is 4.79 Å². The number of nitrogens with one attached hydrogen (secondary N) is 3. The molecule has 1 atom stereocenters. The number of hydrogen-bond acceptors (Lipinski definition) is 7. The van der Waals surface area contributed by atoms with Crippen molar-refractivity contribution in [1.82, 2.24) is 16.0 Å². The second-order valence-electron chi connectivity index (χ2n) is 10.1. The number of hydrogen-bond donors (Lipinski definition) is 4. The van der Waals surface area contributed by atoms with E-state index in [2.05, 4.69) is 29.8 Å². The summed E-state index contributed by atoms with van der Waals surface area (Å²) in [4.78, 5) is 36.2. The number of phenols is 1. The number of benzene rings is 1. The third-order valence-electron chi connectivity index (χ3n) is 5.29. The van der Waals surface area contributed by atoms with E-state index in [9.17, 15) is 19.5 Å². The van der Waals surface area contributed by atoms with Crippen molar-refractivity contribution in [3.63, 3.8) is 0 Å². The number of amides is 2. The Balaban J connectivity index is 2.40. The second-order valence-corrected chi connectivity index (χ2v) is 10.1. The van der Waals surface area contributed by atoms with Crippen molar-refractivity contribution in [3.8, 4) is 5.75 Å². The van der Waals surface area contributed by atoms with Crippen LogP contribution in [0.3, 0.4) is 0 Å². The van der Waals surface area contributed by atoms with Gasteiger partial charge in [0.15, 0.2) is 0 Å². The van der Waals surface area contributed by atoms with Crippen molar-refractivity contribution in [1.29, 1.82) is 0 Å². The van der Waals surface area contributed by atoms with Crippen LogP contribution < -0.4 is 16.0 Å². The number of alkyl carbamates (subject to hydrolysis) is 1. The van der Waals surface area contributed by atoms with Gasteiger partial charge >= 0.3 is 6.09 Å².